The number of rotatable bonds is 50. The number of Topliss-reactive ketones (excluding diaryl/α,β-unsaturated/α-hetero) is 1. The first-order chi connectivity index (χ1) is 29.4. The van der Waals surface area contributed by atoms with Crippen molar-refractivity contribution in [1.82, 2.24) is 9.80 Å². The Bertz CT molecular complexity index is 904. The molecule has 0 fully saturated rings. The van der Waals surface area contributed by atoms with Gasteiger partial charge in [-0.2, -0.15) is 0 Å². The zero-order chi connectivity index (χ0) is 44.0. The van der Waals surface area contributed by atoms with Gasteiger partial charge in [0.05, 0.1) is 11.9 Å². The van der Waals surface area contributed by atoms with Crippen molar-refractivity contribution in [3.8, 4) is 0 Å². The lowest BCUT2D eigenvalue weighted by Gasteiger charge is -2.31. The summed E-state index contributed by atoms with van der Waals surface area (Å²) in [5.41, 5.74) is 6.61. The van der Waals surface area contributed by atoms with E-state index in [1.165, 1.54) is 251 Å². The van der Waals surface area contributed by atoms with Gasteiger partial charge in [0.25, 0.3) is 0 Å². The summed E-state index contributed by atoms with van der Waals surface area (Å²) in [6.45, 7) is 22.5. The first-order valence-electron chi connectivity index (χ1n) is 27.3. The molecule has 0 bridgehead atoms. The van der Waals surface area contributed by atoms with Crippen LogP contribution >= 0.6 is 0 Å². The molecule has 5 nitrogen and oxygen atoms in total. The molecule has 0 radical (unpaired) electrons. The molecule has 0 spiro atoms. The lowest BCUT2D eigenvalue weighted by molar-refractivity contribution is -0.117. The summed E-state index contributed by atoms with van der Waals surface area (Å²) in [6, 6.07) is 0.441. The Hall–Kier alpha value is -1.20. The SMILES string of the molecule is C=CC(CN(CCCCCCCC)CCCCCCCC(C)=O)CN(CCCCCCCC)CCCCCCCC(N)=NC(CCCCCCCC)CCCCCCCC. The molecule has 60 heavy (non-hydrogen) atoms. The van der Waals surface area contributed by atoms with E-state index in [2.05, 4.69) is 50.1 Å². The third-order valence-electron chi connectivity index (χ3n) is 13.0. The maximum Gasteiger partial charge on any atom is 0.129 e. The van der Waals surface area contributed by atoms with Crippen molar-refractivity contribution >= 4 is 11.6 Å². The van der Waals surface area contributed by atoms with Crippen LogP contribution in [0.5, 0.6) is 0 Å². The number of hydrogen-bond acceptors (Lipinski definition) is 4. The van der Waals surface area contributed by atoms with E-state index in [-0.39, 0.29) is 0 Å². The molecule has 0 aromatic heterocycles. The maximum absolute atomic E-state index is 11.4. The highest BCUT2D eigenvalue weighted by molar-refractivity contribution is 5.80. The third-order valence-corrected chi connectivity index (χ3v) is 13.0. The molecule has 0 heterocycles. The van der Waals surface area contributed by atoms with E-state index in [1.54, 1.807) is 6.92 Å². The van der Waals surface area contributed by atoms with Crippen LogP contribution in [0, 0.1) is 5.92 Å². The second-order valence-electron chi connectivity index (χ2n) is 19.3. The second kappa shape index (κ2) is 47.3. The second-order valence-corrected chi connectivity index (χ2v) is 19.3. The van der Waals surface area contributed by atoms with Gasteiger partial charge in [0.2, 0.25) is 0 Å². The molecule has 5 heteroatoms. The lowest BCUT2D eigenvalue weighted by atomic mass is 10.0. The minimum absolute atomic E-state index is 0.337. The van der Waals surface area contributed by atoms with Crippen molar-refractivity contribution in [2.75, 3.05) is 39.3 Å². The standard InChI is InChI=1S/C55H110N4O/c1-7-12-16-20-27-35-43-54(44-36-28-21-17-13-8-2)57-55(56)45-37-29-25-33-41-49-59(47-39-31-23-19-15-10-4)51-53(11-5)50-58(46-38-30-22-18-14-9-3)48-40-32-24-26-34-42-52(6)60/h11,53-54H,5,7-10,12-51H2,1-4,6H3,(H2,56,57). The molecule has 0 aromatic carbocycles. The third kappa shape index (κ3) is 42.1. The van der Waals surface area contributed by atoms with Crippen LogP contribution in [0.2, 0.25) is 0 Å². The number of ketones is 1. The van der Waals surface area contributed by atoms with Crippen LogP contribution in [0.3, 0.4) is 0 Å². The molecule has 0 saturated carbocycles. The lowest BCUT2D eigenvalue weighted by Crippen LogP contribution is -2.38. The van der Waals surface area contributed by atoms with Crippen LogP contribution in [0.1, 0.15) is 279 Å². The Morgan fingerprint density at radius 3 is 1.10 bits per heavy atom. The molecular weight excluding hydrogens is 733 g/mol. The van der Waals surface area contributed by atoms with Crippen LogP contribution in [0.4, 0.5) is 0 Å². The Morgan fingerprint density at radius 1 is 0.467 bits per heavy atom. The Kier molecular flexibility index (Phi) is 46.3. The molecule has 0 aliphatic carbocycles. The van der Waals surface area contributed by atoms with E-state index in [0.29, 0.717) is 17.7 Å². The highest BCUT2D eigenvalue weighted by Gasteiger charge is 2.16. The summed E-state index contributed by atoms with van der Waals surface area (Å²) in [6.07, 6.45) is 51.5. The summed E-state index contributed by atoms with van der Waals surface area (Å²) in [4.78, 5) is 22.1. The van der Waals surface area contributed by atoms with E-state index in [9.17, 15) is 4.79 Å². The molecule has 2 N–H and O–H groups in total. The summed E-state index contributed by atoms with van der Waals surface area (Å²) in [5, 5.41) is 0. The molecule has 0 aromatic rings. The van der Waals surface area contributed by atoms with Crippen molar-refractivity contribution in [1.29, 1.82) is 0 Å². The fraction of sp³-hybridized carbons (Fsp3) is 0.927. The van der Waals surface area contributed by atoms with E-state index < -0.39 is 0 Å². The van der Waals surface area contributed by atoms with Gasteiger partial charge < -0.3 is 20.3 Å². The molecule has 0 aliphatic rings. The number of carbonyl (C=O) groups is 1. The van der Waals surface area contributed by atoms with Crippen molar-refractivity contribution in [3.05, 3.63) is 12.7 Å². The van der Waals surface area contributed by atoms with Crippen molar-refractivity contribution in [3.63, 3.8) is 0 Å². The van der Waals surface area contributed by atoms with Crippen molar-refractivity contribution in [2.45, 2.75) is 285 Å². The molecule has 356 valence electrons. The summed E-state index contributed by atoms with van der Waals surface area (Å²) in [7, 11) is 0. The number of amidine groups is 1. The molecule has 0 amide bonds. The topological polar surface area (TPSA) is 61.9 Å². The number of nitrogens with two attached hydrogens (primary N) is 1. The summed E-state index contributed by atoms with van der Waals surface area (Å²) in [5.74, 6) is 1.78. The summed E-state index contributed by atoms with van der Waals surface area (Å²) < 4.78 is 0. The Balaban J connectivity index is 5.06. The number of hydrogen-bond donors (Lipinski definition) is 1. The number of aliphatic imine (C=N–C) groups is 1. The quantitative estimate of drug-likeness (QED) is 0.0287. The first-order valence-corrected chi connectivity index (χ1v) is 27.3. The van der Waals surface area contributed by atoms with Gasteiger partial charge in [0.15, 0.2) is 0 Å². The maximum atomic E-state index is 11.4. The van der Waals surface area contributed by atoms with Crippen LogP contribution in [0.15, 0.2) is 17.6 Å². The van der Waals surface area contributed by atoms with Crippen molar-refractivity contribution < 1.29 is 4.79 Å². The highest BCUT2D eigenvalue weighted by Crippen LogP contribution is 2.19. The average Bonchev–Trinajstić information content (AvgIpc) is 3.23. The minimum atomic E-state index is 0.337. The first kappa shape index (κ1) is 58.8. The van der Waals surface area contributed by atoms with E-state index in [4.69, 9.17) is 10.7 Å². The fourth-order valence-corrected chi connectivity index (χ4v) is 8.99. The molecule has 0 saturated heterocycles. The number of unbranched alkanes of at least 4 members (excludes halogenated alkanes) is 28. The van der Waals surface area contributed by atoms with Crippen LogP contribution in [0.25, 0.3) is 0 Å². The van der Waals surface area contributed by atoms with Crippen molar-refractivity contribution in [2.24, 2.45) is 16.6 Å². The van der Waals surface area contributed by atoms with E-state index in [1.807, 2.05) is 0 Å². The van der Waals surface area contributed by atoms with Gasteiger partial charge in [0.1, 0.15) is 5.78 Å². The minimum Gasteiger partial charge on any atom is -0.387 e. The number of carbonyl (C=O) groups excluding carboxylic acids is 1. The van der Waals surface area contributed by atoms with Gasteiger partial charge in [-0.3, -0.25) is 4.99 Å². The summed E-state index contributed by atoms with van der Waals surface area (Å²) >= 11 is 0. The highest BCUT2D eigenvalue weighted by atomic mass is 16.1. The van der Waals surface area contributed by atoms with E-state index in [0.717, 1.165) is 38.2 Å². The Morgan fingerprint density at radius 2 is 0.767 bits per heavy atom. The molecule has 0 aliphatic heterocycles. The smallest absolute Gasteiger partial charge is 0.129 e. The molecule has 0 rings (SSSR count). The molecular formula is C55H110N4O. The van der Waals surface area contributed by atoms with Gasteiger partial charge in [-0.15, -0.1) is 6.58 Å². The van der Waals surface area contributed by atoms with Gasteiger partial charge in [-0.1, -0.05) is 214 Å². The zero-order valence-corrected chi connectivity index (χ0v) is 41.9. The zero-order valence-electron chi connectivity index (χ0n) is 41.9. The predicted molar refractivity (Wildman–Crippen MR) is 271 cm³/mol. The largest absolute Gasteiger partial charge is 0.387 e. The van der Waals surface area contributed by atoms with E-state index >= 15 is 0 Å². The van der Waals surface area contributed by atoms with Gasteiger partial charge in [0, 0.05) is 31.8 Å². The van der Waals surface area contributed by atoms with Gasteiger partial charge >= 0.3 is 0 Å². The van der Waals surface area contributed by atoms with Gasteiger partial charge in [-0.05, 0) is 84.5 Å². The average molecular weight is 844 g/mol. The van der Waals surface area contributed by atoms with Crippen LogP contribution in [-0.4, -0.2) is 66.7 Å². The number of nitrogens with zero attached hydrogens (tertiary/aromatic N) is 3. The van der Waals surface area contributed by atoms with Crippen LogP contribution in [-0.2, 0) is 4.79 Å². The molecule has 1 unspecified atom stereocenters. The predicted octanol–water partition coefficient (Wildman–Crippen LogP) is 16.6. The normalized spacial score (nSPS) is 12.7. The van der Waals surface area contributed by atoms with Crippen LogP contribution < -0.4 is 5.73 Å². The van der Waals surface area contributed by atoms with Gasteiger partial charge in [-0.25, -0.2) is 0 Å². The molecule has 1 atom stereocenters. The monoisotopic (exact) mass is 843 g/mol. The Labute approximate surface area is 378 Å². The fourth-order valence-electron chi connectivity index (χ4n) is 8.99.